The molecule has 1 aromatic heterocycles. The van der Waals surface area contributed by atoms with Crippen LogP contribution in [0.25, 0.3) is 11.3 Å². The lowest BCUT2D eigenvalue weighted by Gasteiger charge is -2.14. The second-order valence-corrected chi connectivity index (χ2v) is 6.51. The van der Waals surface area contributed by atoms with Gasteiger partial charge in [0.1, 0.15) is 5.75 Å². The van der Waals surface area contributed by atoms with Gasteiger partial charge in [-0.1, -0.05) is 36.4 Å². The lowest BCUT2D eigenvalue weighted by atomic mass is 10.1. The molecule has 1 heterocycles. The Bertz CT molecular complexity index is 945. The molecular weight excluding hydrogens is 475 g/mol. The number of methoxy groups -OCH3 is 1. The number of guanidine groups is 1. The fourth-order valence-corrected chi connectivity index (χ4v) is 2.96. The maximum Gasteiger partial charge on any atom is 0.191 e. The number of pyridine rings is 1. The number of nitrogens with zero attached hydrogens (tertiary/aromatic N) is 2. The molecule has 0 bridgehead atoms. The standard InChI is InChI=1S/C23H26N4O.HI/c1-17-10-11-20(22(13-17)28-3)16-27-23(24-2)26-15-18-7-6-8-19(14-18)21-9-4-5-12-25-21;/h4-14H,15-16H2,1-3H3,(H2,24,26,27);1H. The molecule has 29 heavy (non-hydrogen) atoms. The molecule has 0 atom stereocenters. The second kappa shape index (κ2) is 11.4. The Hall–Kier alpha value is -2.61. The Balaban J connectivity index is 0.00000300. The van der Waals surface area contributed by atoms with Gasteiger partial charge in [-0.15, -0.1) is 24.0 Å². The van der Waals surface area contributed by atoms with E-state index in [4.69, 9.17) is 4.74 Å². The number of halogens is 1. The van der Waals surface area contributed by atoms with Gasteiger partial charge in [0.15, 0.2) is 5.96 Å². The number of hydrogen-bond acceptors (Lipinski definition) is 3. The Kier molecular flexibility index (Phi) is 8.92. The van der Waals surface area contributed by atoms with Gasteiger partial charge in [0.25, 0.3) is 0 Å². The molecule has 0 fully saturated rings. The zero-order valence-corrected chi connectivity index (χ0v) is 19.3. The van der Waals surface area contributed by atoms with Gasteiger partial charge in [0, 0.05) is 37.5 Å². The molecule has 5 nitrogen and oxygen atoms in total. The van der Waals surface area contributed by atoms with Crippen LogP contribution in [0.2, 0.25) is 0 Å². The minimum Gasteiger partial charge on any atom is -0.496 e. The van der Waals surface area contributed by atoms with E-state index in [2.05, 4.69) is 57.9 Å². The average molecular weight is 502 g/mol. The number of hydrogen-bond donors (Lipinski definition) is 2. The van der Waals surface area contributed by atoms with Crippen LogP contribution in [0, 0.1) is 6.92 Å². The van der Waals surface area contributed by atoms with Crippen molar-refractivity contribution in [3.63, 3.8) is 0 Å². The summed E-state index contributed by atoms with van der Waals surface area (Å²) in [6.07, 6.45) is 1.81. The first-order valence-electron chi connectivity index (χ1n) is 9.28. The Morgan fingerprint density at radius 1 is 1.00 bits per heavy atom. The quantitative estimate of drug-likeness (QED) is 0.295. The molecule has 2 aromatic carbocycles. The molecule has 0 radical (unpaired) electrons. The molecule has 2 N–H and O–H groups in total. The summed E-state index contributed by atoms with van der Waals surface area (Å²) < 4.78 is 5.47. The topological polar surface area (TPSA) is 58.5 Å². The summed E-state index contributed by atoms with van der Waals surface area (Å²) in [5.41, 5.74) is 5.51. The van der Waals surface area contributed by atoms with Crippen LogP contribution in [-0.2, 0) is 13.1 Å². The summed E-state index contributed by atoms with van der Waals surface area (Å²) in [6.45, 7) is 3.36. The summed E-state index contributed by atoms with van der Waals surface area (Å²) in [5.74, 6) is 1.62. The van der Waals surface area contributed by atoms with E-state index in [0.29, 0.717) is 13.1 Å². The minimum atomic E-state index is 0. The lowest BCUT2D eigenvalue weighted by molar-refractivity contribution is 0.408. The first-order chi connectivity index (χ1) is 13.7. The lowest BCUT2D eigenvalue weighted by Crippen LogP contribution is -2.36. The van der Waals surface area contributed by atoms with E-state index in [1.165, 1.54) is 11.1 Å². The van der Waals surface area contributed by atoms with Crippen LogP contribution in [0.4, 0.5) is 0 Å². The van der Waals surface area contributed by atoms with Gasteiger partial charge in [-0.25, -0.2) is 0 Å². The normalized spacial score (nSPS) is 10.8. The second-order valence-electron chi connectivity index (χ2n) is 6.51. The number of nitrogens with one attached hydrogen (secondary N) is 2. The molecule has 3 rings (SSSR count). The van der Waals surface area contributed by atoms with E-state index in [0.717, 1.165) is 28.5 Å². The highest BCUT2D eigenvalue weighted by atomic mass is 127. The molecule has 0 unspecified atom stereocenters. The highest BCUT2D eigenvalue weighted by Gasteiger charge is 2.05. The third-order valence-electron chi connectivity index (χ3n) is 4.46. The van der Waals surface area contributed by atoms with Crippen LogP contribution in [-0.4, -0.2) is 25.1 Å². The smallest absolute Gasteiger partial charge is 0.191 e. The van der Waals surface area contributed by atoms with Crippen molar-refractivity contribution in [2.45, 2.75) is 20.0 Å². The van der Waals surface area contributed by atoms with Crippen LogP contribution in [0.5, 0.6) is 5.75 Å². The maximum atomic E-state index is 5.47. The predicted octanol–water partition coefficient (Wildman–Crippen LogP) is 4.55. The number of ether oxygens (including phenoxy) is 1. The molecule has 0 saturated heterocycles. The van der Waals surface area contributed by atoms with E-state index in [9.17, 15) is 0 Å². The molecule has 3 aromatic rings. The third-order valence-corrected chi connectivity index (χ3v) is 4.46. The maximum absolute atomic E-state index is 5.47. The molecule has 0 aliphatic carbocycles. The summed E-state index contributed by atoms with van der Waals surface area (Å²) >= 11 is 0. The minimum absolute atomic E-state index is 0. The van der Waals surface area contributed by atoms with Crippen LogP contribution in [0.1, 0.15) is 16.7 Å². The fourth-order valence-electron chi connectivity index (χ4n) is 2.96. The van der Waals surface area contributed by atoms with Crippen LogP contribution < -0.4 is 15.4 Å². The number of aromatic nitrogens is 1. The first kappa shape index (κ1) is 22.7. The van der Waals surface area contributed by atoms with Crippen molar-refractivity contribution in [3.8, 4) is 17.0 Å². The molecule has 0 spiro atoms. The van der Waals surface area contributed by atoms with E-state index >= 15 is 0 Å². The molecule has 0 aliphatic rings. The van der Waals surface area contributed by atoms with Crippen LogP contribution in [0.3, 0.4) is 0 Å². The zero-order chi connectivity index (χ0) is 19.8. The van der Waals surface area contributed by atoms with Gasteiger partial charge < -0.3 is 15.4 Å². The van der Waals surface area contributed by atoms with E-state index < -0.39 is 0 Å². The van der Waals surface area contributed by atoms with E-state index in [1.807, 2.05) is 36.5 Å². The Morgan fingerprint density at radius 3 is 2.55 bits per heavy atom. The van der Waals surface area contributed by atoms with Crippen molar-refractivity contribution >= 4 is 29.9 Å². The number of aliphatic imine (C=N–C) groups is 1. The largest absolute Gasteiger partial charge is 0.496 e. The highest BCUT2D eigenvalue weighted by molar-refractivity contribution is 14.0. The zero-order valence-electron chi connectivity index (χ0n) is 17.0. The van der Waals surface area contributed by atoms with Crippen LogP contribution >= 0.6 is 24.0 Å². The molecule has 6 heteroatoms. The van der Waals surface area contributed by atoms with Crippen molar-refractivity contribution in [3.05, 3.63) is 83.6 Å². The molecule has 0 aliphatic heterocycles. The third kappa shape index (κ3) is 6.45. The van der Waals surface area contributed by atoms with Crippen molar-refractivity contribution in [1.29, 1.82) is 0 Å². The SMILES string of the molecule is CN=C(NCc1cccc(-c2ccccn2)c1)NCc1ccc(C)cc1OC.I. The number of aryl methyl sites for hydroxylation is 1. The van der Waals surface area contributed by atoms with E-state index in [1.54, 1.807) is 14.2 Å². The van der Waals surface area contributed by atoms with Crippen molar-refractivity contribution in [1.82, 2.24) is 15.6 Å². The molecular formula is C23H27IN4O. The van der Waals surface area contributed by atoms with Gasteiger partial charge >= 0.3 is 0 Å². The van der Waals surface area contributed by atoms with E-state index in [-0.39, 0.29) is 24.0 Å². The van der Waals surface area contributed by atoms with Gasteiger partial charge in [0.05, 0.1) is 12.8 Å². The number of rotatable bonds is 6. The predicted molar refractivity (Wildman–Crippen MR) is 130 cm³/mol. The van der Waals surface area contributed by atoms with Gasteiger partial charge in [0.2, 0.25) is 0 Å². The molecule has 0 saturated carbocycles. The summed E-state index contributed by atoms with van der Waals surface area (Å²) in [6, 6.07) is 20.5. The van der Waals surface area contributed by atoms with Gasteiger partial charge in [-0.05, 0) is 42.3 Å². The summed E-state index contributed by atoms with van der Waals surface area (Å²) in [7, 11) is 3.46. The Morgan fingerprint density at radius 2 is 1.83 bits per heavy atom. The molecule has 152 valence electrons. The summed E-state index contributed by atoms with van der Waals surface area (Å²) in [4.78, 5) is 8.73. The van der Waals surface area contributed by atoms with Crippen LogP contribution in [0.15, 0.2) is 71.9 Å². The van der Waals surface area contributed by atoms with Gasteiger partial charge in [-0.3, -0.25) is 9.98 Å². The first-order valence-corrected chi connectivity index (χ1v) is 9.28. The van der Waals surface area contributed by atoms with Crippen molar-refractivity contribution < 1.29 is 4.74 Å². The van der Waals surface area contributed by atoms with Crippen molar-refractivity contribution in [2.24, 2.45) is 4.99 Å². The average Bonchev–Trinajstić information content (AvgIpc) is 2.75. The van der Waals surface area contributed by atoms with Crippen molar-refractivity contribution in [2.75, 3.05) is 14.2 Å². The monoisotopic (exact) mass is 502 g/mol. The van der Waals surface area contributed by atoms with Gasteiger partial charge in [-0.2, -0.15) is 0 Å². The molecule has 0 amide bonds. The fraction of sp³-hybridized carbons (Fsp3) is 0.217. The summed E-state index contributed by atoms with van der Waals surface area (Å²) in [5, 5.41) is 6.70. The highest BCUT2D eigenvalue weighted by Crippen LogP contribution is 2.20. The Labute approximate surface area is 189 Å². The number of benzene rings is 2.